The van der Waals surface area contributed by atoms with E-state index in [9.17, 15) is 0 Å². The Morgan fingerprint density at radius 3 is 1.13 bits per heavy atom. The number of hydrogen-bond acceptors (Lipinski definition) is 0. The van der Waals surface area contributed by atoms with Gasteiger partial charge in [0, 0.05) is 0 Å². The lowest BCUT2D eigenvalue weighted by Crippen LogP contribution is -2.74. The summed E-state index contributed by atoms with van der Waals surface area (Å²) in [5.74, 6) is 0. The van der Waals surface area contributed by atoms with Crippen molar-refractivity contribution in [3.8, 4) is 33.4 Å². The minimum Gasteiger partial charge on any atom is -0.0623 e. The van der Waals surface area contributed by atoms with Gasteiger partial charge in [0.15, 0.2) is 8.07 Å². The van der Waals surface area contributed by atoms with Gasteiger partial charge in [0.1, 0.15) is 0 Å². The van der Waals surface area contributed by atoms with Crippen molar-refractivity contribution >= 4 is 61.1 Å². The summed E-state index contributed by atoms with van der Waals surface area (Å²) in [7, 11) is -2.67. The normalized spacial score (nSPS) is 11.6. The lowest BCUT2D eigenvalue weighted by molar-refractivity contribution is 1.61. The molecular weight excluding hydrogens is 677 g/mol. The van der Waals surface area contributed by atoms with Gasteiger partial charge in [-0.25, -0.2) is 0 Å². The standard InChI is InChI=1S/C54H38Si/c1-4-23-45(24-5-1)55(46-25-6-2-7-26-46,47-27-8-3-9-28-47)48-29-17-21-42(38-48)41-20-16-22-43(37-41)53-49-30-12-14-32-51(49)54(52-33-15-13-31-50(52)53)44-35-34-39-18-10-11-19-40(39)36-44/h1-38H. The van der Waals surface area contributed by atoms with Crippen molar-refractivity contribution < 1.29 is 0 Å². The fourth-order valence-electron chi connectivity index (χ4n) is 8.95. The van der Waals surface area contributed by atoms with E-state index in [0.717, 1.165) is 0 Å². The largest absolute Gasteiger partial charge is 0.179 e. The summed E-state index contributed by atoms with van der Waals surface area (Å²) >= 11 is 0. The van der Waals surface area contributed by atoms with E-state index < -0.39 is 8.07 Å². The van der Waals surface area contributed by atoms with Crippen LogP contribution in [0.3, 0.4) is 0 Å². The van der Waals surface area contributed by atoms with Crippen LogP contribution in [0.2, 0.25) is 0 Å². The summed E-state index contributed by atoms with van der Waals surface area (Å²) in [5, 5.41) is 13.1. The SMILES string of the molecule is c1ccc([Si](c2ccccc2)(c2ccccc2)c2cccc(-c3cccc(-c4c5ccccc5c(-c5ccc6ccccc6c5)c5ccccc45)c3)c2)cc1. The Morgan fingerprint density at radius 2 is 0.600 bits per heavy atom. The summed E-state index contributed by atoms with van der Waals surface area (Å²) in [4.78, 5) is 0. The van der Waals surface area contributed by atoms with E-state index in [0.29, 0.717) is 0 Å². The van der Waals surface area contributed by atoms with Crippen molar-refractivity contribution in [1.29, 1.82) is 0 Å². The van der Waals surface area contributed by atoms with Gasteiger partial charge in [0.05, 0.1) is 0 Å². The van der Waals surface area contributed by atoms with Gasteiger partial charge in [-0.1, -0.05) is 218 Å². The molecule has 0 bridgehead atoms. The van der Waals surface area contributed by atoms with Gasteiger partial charge in [-0.3, -0.25) is 0 Å². The van der Waals surface area contributed by atoms with Gasteiger partial charge in [0.2, 0.25) is 0 Å². The molecule has 0 aliphatic heterocycles. The minimum absolute atomic E-state index is 1.21. The van der Waals surface area contributed by atoms with Crippen molar-refractivity contribution in [1.82, 2.24) is 0 Å². The highest BCUT2D eigenvalue weighted by molar-refractivity contribution is 7.19. The molecule has 10 rings (SSSR count). The molecule has 0 saturated carbocycles. The fraction of sp³-hybridized carbons (Fsp3) is 0. The predicted molar refractivity (Wildman–Crippen MR) is 239 cm³/mol. The highest BCUT2D eigenvalue weighted by Crippen LogP contribution is 2.44. The van der Waals surface area contributed by atoms with Crippen LogP contribution in [0.15, 0.2) is 231 Å². The van der Waals surface area contributed by atoms with E-state index in [2.05, 4.69) is 231 Å². The molecule has 0 spiro atoms. The summed E-state index contributed by atoms with van der Waals surface area (Å²) < 4.78 is 0. The Labute approximate surface area is 323 Å². The van der Waals surface area contributed by atoms with Gasteiger partial charge in [-0.2, -0.15) is 0 Å². The van der Waals surface area contributed by atoms with Gasteiger partial charge < -0.3 is 0 Å². The Morgan fingerprint density at radius 1 is 0.218 bits per heavy atom. The van der Waals surface area contributed by atoms with Crippen molar-refractivity contribution in [2.75, 3.05) is 0 Å². The summed E-state index contributed by atoms with van der Waals surface area (Å²) in [5.41, 5.74) is 7.46. The molecule has 258 valence electrons. The van der Waals surface area contributed by atoms with Gasteiger partial charge >= 0.3 is 0 Å². The van der Waals surface area contributed by atoms with E-state index in [1.54, 1.807) is 0 Å². The van der Waals surface area contributed by atoms with Crippen molar-refractivity contribution in [3.05, 3.63) is 231 Å². The minimum atomic E-state index is -2.67. The number of benzene rings is 10. The summed E-state index contributed by atoms with van der Waals surface area (Å²) in [6, 6.07) is 85.5. The second-order valence-electron chi connectivity index (χ2n) is 14.4. The summed E-state index contributed by atoms with van der Waals surface area (Å²) in [6.07, 6.45) is 0. The molecule has 0 aliphatic carbocycles. The molecule has 0 saturated heterocycles. The van der Waals surface area contributed by atoms with Crippen LogP contribution in [0.1, 0.15) is 0 Å². The molecule has 55 heavy (non-hydrogen) atoms. The maximum Gasteiger partial charge on any atom is 0.179 e. The van der Waals surface area contributed by atoms with Gasteiger partial charge in [0.25, 0.3) is 0 Å². The Balaban J connectivity index is 1.17. The van der Waals surface area contributed by atoms with Crippen LogP contribution in [-0.2, 0) is 0 Å². The highest BCUT2D eigenvalue weighted by Gasteiger charge is 2.41. The molecule has 10 aromatic carbocycles. The molecule has 0 atom stereocenters. The van der Waals surface area contributed by atoms with Crippen LogP contribution in [0.4, 0.5) is 0 Å². The molecule has 0 radical (unpaired) electrons. The van der Waals surface area contributed by atoms with Gasteiger partial charge in [-0.15, -0.1) is 0 Å². The molecular formula is C54H38Si. The molecule has 0 aromatic heterocycles. The number of rotatable bonds is 7. The molecule has 0 amide bonds. The van der Waals surface area contributed by atoms with Crippen molar-refractivity contribution in [2.45, 2.75) is 0 Å². The Bertz CT molecular complexity index is 2810. The first-order chi connectivity index (χ1) is 27.3. The molecule has 10 aromatic rings. The zero-order valence-corrected chi connectivity index (χ0v) is 31.4. The number of hydrogen-bond donors (Lipinski definition) is 0. The van der Waals surface area contributed by atoms with Crippen LogP contribution in [0, 0.1) is 0 Å². The quantitative estimate of drug-likeness (QED) is 0.0876. The third-order valence-corrected chi connectivity index (χ3v) is 16.1. The van der Waals surface area contributed by atoms with Crippen LogP contribution < -0.4 is 20.7 Å². The molecule has 0 fully saturated rings. The van der Waals surface area contributed by atoms with Crippen LogP contribution in [0.25, 0.3) is 65.7 Å². The fourth-order valence-corrected chi connectivity index (χ4v) is 13.7. The van der Waals surface area contributed by atoms with Crippen molar-refractivity contribution in [3.63, 3.8) is 0 Å². The average Bonchev–Trinajstić information content (AvgIpc) is 3.27. The zero-order valence-electron chi connectivity index (χ0n) is 30.4. The molecule has 0 nitrogen and oxygen atoms in total. The van der Waals surface area contributed by atoms with E-state index in [4.69, 9.17) is 0 Å². The van der Waals surface area contributed by atoms with E-state index in [-0.39, 0.29) is 0 Å². The monoisotopic (exact) mass is 714 g/mol. The lowest BCUT2D eigenvalue weighted by atomic mass is 9.85. The Hall–Kier alpha value is -6.80. The molecule has 0 N–H and O–H groups in total. The predicted octanol–water partition coefficient (Wildman–Crippen LogP) is 11.5. The molecule has 0 heterocycles. The number of fused-ring (bicyclic) bond motifs is 3. The zero-order chi connectivity index (χ0) is 36.6. The maximum atomic E-state index is 2.47. The van der Waals surface area contributed by atoms with E-state index >= 15 is 0 Å². The van der Waals surface area contributed by atoms with Crippen LogP contribution in [0.5, 0.6) is 0 Å². The molecule has 0 aliphatic rings. The first-order valence-electron chi connectivity index (χ1n) is 19.1. The third-order valence-electron chi connectivity index (χ3n) is 11.4. The second-order valence-corrected chi connectivity index (χ2v) is 18.2. The highest BCUT2D eigenvalue weighted by atomic mass is 28.3. The molecule has 1 heteroatoms. The topological polar surface area (TPSA) is 0 Å². The smallest absolute Gasteiger partial charge is 0.0623 e. The second kappa shape index (κ2) is 13.9. The van der Waals surface area contributed by atoms with Crippen LogP contribution >= 0.6 is 0 Å². The third kappa shape index (κ3) is 5.60. The lowest BCUT2D eigenvalue weighted by Gasteiger charge is -2.34. The summed E-state index contributed by atoms with van der Waals surface area (Å²) in [6.45, 7) is 0. The Kier molecular flexibility index (Phi) is 8.28. The van der Waals surface area contributed by atoms with Crippen molar-refractivity contribution in [2.24, 2.45) is 0 Å². The average molecular weight is 715 g/mol. The molecule has 0 unspecified atom stereocenters. The van der Waals surface area contributed by atoms with E-state index in [1.165, 1.54) is 86.4 Å². The maximum absolute atomic E-state index is 2.67. The van der Waals surface area contributed by atoms with Gasteiger partial charge in [-0.05, 0) is 98.6 Å². The van der Waals surface area contributed by atoms with E-state index in [1.807, 2.05) is 0 Å². The first-order valence-corrected chi connectivity index (χ1v) is 21.1. The first kappa shape index (κ1) is 32.8. The van der Waals surface area contributed by atoms with Crippen LogP contribution in [-0.4, -0.2) is 8.07 Å².